The molecule has 0 aliphatic rings. The molecule has 0 radical (unpaired) electrons. The second-order valence-corrected chi connectivity index (χ2v) is 9.40. The molecule has 2 N–H and O–H groups in total. The van der Waals surface area contributed by atoms with Gasteiger partial charge in [0.05, 0.1) is 9.90 Å². The van der Waals surface area contributed by atoms with Crippen LogP contribution in [-0.2, 0) is 16.2 Å². The van der Waals surface area contributed by atoms with E-state index in [2.05, 4.69) is 10.0 Å². The van der Waals surface area contributed by atoms with Crippen molar-refractivity contribution < 1.29 is 26.4 Å². The fraction of sp³-hybridized carbons (Fsp3) is 0.0556. The molecule has 1 amide bonds. The lowest BCUT2D eigenvalue weighted by molar-refractivity contribution is -0.137. The summed E-state index contributed by atoms with van der Waals surface area (Å²) in [6, 6.07) is 12.5. The van der Waals surface area contributed by atoms with E-state index in [0.717, 1.165) is 23.5 Å². The Morgan fingerprint density at radius 2 is 1.66 bits per heavy atom. The van der Waals surface area contributed by atoms with E-state index in [9.17, 15) is 26.4 Å². The minimum absolute atomic E-state index is 0.00122. The van der Waals surface area contributed by atoms with Crippen LogP contribution in [0.3, 0.4) is 0 Å². The zero-order valence-electron chi connectivity index (χ0n) is 14.3. The second kappa shape index (κ2) is 8.05. The number of benzene rings is 2. The Hall–Kier alpha value is -2.56. The average molecular weight is 461 g/mol. The van der Waals surface area contributed by atoms with Crippen LogP contribution in [0.25, 0.3) is 0 Å². The van der Waals surface area contributed by atoms with Gasteiger partial charge >= 0.3 is 6.18 Å². The van der Waals surface area contributed by atoms with E-state index in [0.29, 0.717) is 4.34 Å². The van der Waals surface area contributed by atoms with Crippen molar-refractivity contribution in [1.29, 1.82) is 0 Å². The van der Waals surface area contributed by atoms with Gasteiger partial charge in [-0.25, -0.2) is 8.42 Å². The summed E-state index contributed by atoms with van der Waals surface area (Å²) in [5, 5.41) is 2.36. The Bertz CT molecular complexity index is 1160. The molecular formula is C18H12ClF3N2O3S2. The molecule has 0 spiro atoms. The van der Waals surface area contributed by atoms with Gasteiger partial charge < -0.3 is 5.32 Å². The van der Waals surface area contributed by atoms with Gasteiger partial charge in [0.2, 0.25) is 0 Å². The monoisotopic (exact) mass is 460 g/mol. The van der Waals surface area contributed by atoms with Gasteiger partial charge in [-0.2, -0.15) is 13.2 Å². The fourth-order valence-corrected chi connectivity index (χ4v) is 4.88. The van der Waals surface area contributed by atoms with Crippen LogP contribution in [0.5, 0.6) is 0 Å². The highest BCUT2D eigenvalue weighted by Gasteiger charge is 2.30. The largest absolute Gasteiger partial charge is 0.416 e. The van der Waals surface area contributed by atoms with Gasteiger partial charge in [-0.05, 0) is 48.5 Å². The molecule has 5 nitrogen and oxygen atoms in total. The standard InChI is InChI=1S/C18H12ClF3N2O3S2/c19-15-7-8-16(28-15)29(26,27)24-14-6-1-3-11(9-14)17(25)23-13-5-2-4-12(10-13)18(20,21)22/h1-10,24H,(H,23,25). The lowest BCUT2D eigenvalue weighted by Crippen LogP contribution is -2.15. The first-order chi connectivity index (χ1) is 13.5. The summed E-state index contributed by atoms with van der Waals surface area (Å²) in [6.45, 7) is 0. The summed E-state index contributed by atoms with van der Waals surface area (Å²) in [4.78, 5) is 12.4. The van der Waals surface area contributed by atoms with Crippen LogP contribution in [0.2, 0.25) is 4.34 Å². The van der Waals surface area contributed by atoms with Crippen molar-refractivity contribution in [3.8, 4) is 0 Å². The third-order valence-electron chi connectivity index (χ3n) is 3.64. The van der Waals surface area contributed by atoms with Crippen LogP contribution in [0.1, 0.15) is 15.9 Å². The summed E-state index contributed by atoms with van der Waals surface area (Å²) in [6.07, 6.45) is -4.54. The maximum Gasteiger partial charge on any atom is 0.416 e. The molecule has 1 heterocycles. The number of carbonyl (C=O) groups is 1. The molecule has 11 heteroatoms. The normalized spacial score (nSPS) is 11.9. The number of nitrogens with one attached hydrogen (secondary N) is 2. The minimum atomic E-state index is -4.54. The number of carbonyl (C=O) groups excluding carboxylic acids is 1. The van der Waals surface area contributed by atoms with E-state index in [1.54, 1.807) is 0 Å². The Balaban J connectivity index is 1.78. The predicted octanol–water partition coefficient (Wildman–Crippen LogP) is 5.47. The van der Waals surface area contributed by atoms with Gasteiger partial charge in [0, 0.05) is 16.9 Å². The first kappa shape index (κ1) is 21.2. The molecule has 1 aromatic heterocycles. The lowest BCUT2D eigenvalue weighted by Gasteiger charge is -2.11. The molecular weight excluding hydrogens is 449 g/mol. The van der Waals surface area contributed by atoms with Crippen molar-refractivity contribution in [2.24, 2.45) is 0 Å². The van der Waals surface area contributed by atoms with E-state index in [4.69, 9.17) is 11.6 Å². The molecule has 3 rings (SSSR count). The number of rotatable bonds is 5. The Morgan fingerprint density at radius 1 is 0.966 bits per heavy atom. The third kappa shape index (κ3) is 5.28. The molecule has 29 heavy (non-hydrogen) atoms. The fourth-order valence-electron chi connectivity index (χ4n) is 2.35. The van der Waals surface area contributed by atoms with Crippen LogP contribution < -0.4 is 10.0 Å². The molecule has 0 aliphatic heterocycles. The number of halogens is 4. The van der Waals surface area contributed by atoms with Crippen molar-refractivity contribution in [2.75, 3.05) is 10.0 Å². The highest BCUT2D eigenvalue weighted by molar-refractivity contribution is 7.94. The summed E-state index contributed by atoms with van der Waals surface area (Å²) in [7, 11) is -3.89. The van der Waals surface area contributed by atoms with E-state index < -0.39 is 27.7 Å². The van der Waals surface area contributed by atoms with Crippen LogP contribution in [0, 0.1) is 0 Å². The van der Waals surface area contributed by atoms with Gasteiger partial charge in [-0.3, -0.25) is 9.52 Å². The molecule has 152 valence electrons. The van der Waals surface area contributed by atoms with Crippen LogP contribution >= 0.6 is 22.9 Å². The van der Waals surface area contributed by atoms with Crippen LogP contribution in [-0.4, -0.2) is 14.3 Å². The highest BCUT2D eigenvalue weighted by atomic mass is 35.5. The summed E-state index contributed by atoms with van der Waals surface area (Å²) < 4.78 is 65.7. The summed E-state index contributed by atoms with van der Waals surface area (Å²) in [5.41, 5.74) is -0.756. The molecule has 0 unspecified atom stereocenters. The second-order valence-electron chi connectivity index (χ2n) is 5.78. The van der Waals surface area contributed by atoms with Gasteiger partial charge in [0.1, 0.15) is 4.21 Å². The maximum atomic E-state index is 12.8. The Morgan fingerprint density at radius 3 is 2.31 bits per heavy atom. The highest BCUT2D eigenvalue weighted by Crippen LogP contribution is 2.31. The number of alkyl halides is 3. The Labute approximate surface area is 173 Å². The minimum Gasteiger partial charge on any atom is -0.322 e. The first-order valence-corrected chi connectivity index (χ1v) is 10.6. The quantitative estimate of drug-likeness (QED) is 0.530. The SMILES string of the molecule is O=C(Nc1cccc(C(F)(F)F)c1)c1cccc(NS(=O)(=O)c2ccc(Cl)s2)c1. The predicted molar refractivity (Wildman–Crippen MR) is 106 cm³/mol. The molecule has 3 aromatic rings. The zero-order valence-corrected chi connectivity index (χ0v) is 16.7. The molecule has 0 atom stereocenters. The van der Waals surface area contributed by atoms with E-state index in [-0.39, 0.29) is 21.1 Å². The summed E-state index contributed by atoms with van der Waals surface area (Å²) in [5.74, 6) is -0.690. The lowest BCUT2D eigenvalue weighted by atomic mass is 10.1. The molecule has 2 aromatic carbocycles. The molecule has 0 bridgehead atoms. The molecule has 0 aliphatic carbocycles. The third-order valence-corrected chi connectivity index (χ3v) is 6.74. The zero-order chi connectivity index (χ0) is 21.2. The van der Waals surface area contributed by atoms with Crippen molar-refractivity contribution in [2.45, 2.75) is 10.4 Å². The number of anilines is 2. The number of thiophene rings is 1. The first-order valence-electron chi connectivity index (χ1n) is 7.91. The number of hydrogen-bond acceptors (Lipinski definition) is 4. The average Bonchev–Trinajstić information content (AvgIpc) is 3.08. The van der Waals surface area contributed by atoms with E-state index in [1.165, 1.54) is 48.5 Å². The maximum absolute atomic E-state index is 12.8. The van der Waals surface area contributed by atoms with Crippen LogP contribution in [0.15, 0.2) is 64.9 Å². The molecule has 0 fully saturated rings. The molecule has 0 saturated heterocycles. The van der Waals surface area contributed by atoms with Gasteiger partial charge in [0.15, 0.2) is 0 Å². The van der Waals surface area contributed by atoms with E-state index >= 15 is 0 Å². The van der Waals surface area contributed by atoms with Crippen LogP contribution in [0.4, 0.5) is 24.5 Å². The number of sulfonamides is 1. The number of amides is 1. The van der Waals surface area contributed by atoms with Gasteiger partial charge in [-0.15, -0.1) is 11.3 Å². The van der Waals surface area contributed by atoms with Crippen molar-refractivity contribution in [3.63, 3.8) is 0 Å². The summed E-state index contributed by atoms with van der Waals surface area (Å²) >= 11 is 6.63. The van der Waals surface area contributed by atoms with Gasteiger partial charge in [-0.1, -0.05) is 23.7 Å². The number of hydrogen-bond donors (Lipinski definition) is 2. The van der Waals surface area contributed by atoms with E-state index in [1.807, 2.05) is 0 Å². The van der Waals surface area contributed by atoms with Crippen molar-refractivity contribution >= 4 is 50.2 Å². The van der Waals surface area contributed by atoms with Crippen molar-refractivity contribution in [1.82, 2.24) is 0 Å². The molecule has 0 saturated carbocycles. The smallest absolute Gasteiger partial charge is 0.322 e. The van der Waals surface area contributed by atoms with Crippen molar-refractivity contribution in [3.05, 3.63) is 76.1 Å². The topological polar surface area (TPSA) is 75.3 Å². The van der Waals surface area contributed by atoms with Gasteiger partial charge in [0.25, 0.3) is 15.9 Å². The Kier molecular flexibility index (Phi) is 5.87.